The van der Waals surface area contributed by atoms with Crippen LogP contribution in [0.3, 0.4) is 0 Å². The number of benzene rings is 1. The van der Waals surface area contributed by atoms with Crippen molar-refractivity contribution < 1.29 is 14.6 Å². The molecule has 0 aromatic heterocycles. The summed E-state index contributed by atoms with van der Waals surface area (Å²) >= 11 is 0. The van der Waals surface area contributed by atoms with Crippen LogP contribution in [-0.4, -0.2) is 18.2 Å². The van der Waals surface area contributed by atoms with Gasteiger partial charge in [0, 0.05) is 13.2 Å². The molecule has 3 nitrogen and oxygen atoms in total. The molecule has 18 heavy (non-hydrogen) atoms. The number of hydrogen-bond donors (Lipinski definition) is 1. The average molecular weight is 246 g/mol. The highest BCUT2D eigenvalue weighted by atomic mass is 16.5. The Bertz CT molecular complexity index is 402. The molecule has 0 bridgehead atoms. The second-order valence-corrected chi connectivity index (χ2v) is 3.23. The number of carboxylic acids is 1. The van der Waals surface area contributed by atoms with Crippen LogP contribution < -0.4 is 0 Å². The molecule has 0 aliphatic carbocycles. The highest BCUT2D eigenvalue weighted by molar-refractivity contribution is 5.80. The maximum Gasteiger partial charge on any atom is 0.328 e. The molecule has 1 aromatic rings. The van der Waals surface area contributed by atoms with Crippen molar-refractivity contribution in [2.24, 2.45) is 0 Å². The summed E-state index contributed by atoms with van der Waals surface area (Å²) in [4.78, 5) is 10.2. The first-order valence-electron chi connectivity index (χ1n) is 5.38. The van der Waals surface area contributed by atoms with Crippen LogP contribution in [-0.2, 0) is 16.1 Å². The molecule has 0 radical (unpaired) electrons. The molecular weight excluding hydrogens is 228 g/mol. The minimum atomic E-state index is -0.944. The molecule has 0 heterocycles. The molecule has 3 heteroatoms. The molecule has 1 rings (SSSR count). The zero-order chi connectivity index (χ0) is 13.8. The highest BCUT2D eigenvalue weighted by Gasteiger charge is 1.90. The van der Waals surface area contributed by atoms with E-state index >= 15 is 0 Å². The van der Waals surface area contributed by atoms with E-state index in [9.17, 15) is 4.79 Å². The fourth-order valence-corrected chi connectivity index (χ4v) is 1.20. The summed E-state index contributed by atoms with van der Waals surface area (Å²) in [5.74, 6) is -0.944. The van der Waals surface area contributed by atoms with Crippen molar-refractivity contribution in [2.45, 2.75) is 6.61 Å². The molecule has 0 atom stereocenters. The van der Waals surface area contributed by atoms with Crippen LogP contribution in [0.4, 0.5) is 0 Å². The van der Waals surface area contributed by atoms with Crippen LogP contribution in [0.1, 0.15) is 11.1 Å². The van der Waals surface area contributed by atoms with Gasteiger partial charge in [0.25, 0.3) is 0 Å². The van der Waals surface area contributed by atoms with Gasteiger partial charge in [-0.05, 0) is 11.1 Å². The van der Waals surface area contributed by atoms with Crippen molar-refractivity contribution >= 4 is 12.0 Å². The minimum Gasteiger partial charge on any atom is -0.478 e. The normalized spacial score (nSPS) is 10.3. The lowest BCUT2D eigenvalue weighted by molar-refractivity contribution is -0.131. The van der Waals surface area contributed by atoms with Gasteiger partial charge in [-0.3, -0.25) is 0 Å². The molecule has 0 saturated heterocycles. The zero-order valence-electron chi connectivity index (χ0n) is 10.5. The van der Waals surface area contributed by atoms with Gasteiger partial charge in [0.1, 0.15) is 0 Å². The number of rotatable bonds is 5. The van der Waals surface area contributed by atoms with Gasteiger partial charge in [-0.1, -0.05) is 42.5 Å². The van der Waals surface area contributed by atoms with Crippen molar-refractivity contribution in [3.8, 4) is 0 Å². The number of hydrogen-bond acceptors (Lipinski definition) is 2. The first-order chi connectivity index (χ1) is 8.72. The minimum absolute atomic E-state index is 0.600. The summed E-state index contributed by atoms with van der Waals surface area (Å²) in [5, 5.41) is 8.37. The Morgan fingerprint density at radius 3 is 2.39 bits per heavy atom. The van der Waals surface area contributed by atoms with Gasteiger partial charge < -0.3 is 9.84 Å². The van der Waals surface area contributed by atoms with Gasteiger partial charge in [-0.15, -0.1) is 13.2 Å². The van der Waals surface area contributed by atoms with Crippen molar-refractivity contribution in [2.75, 3.05) is 7.11 Å². The number of carbonyl (C=O) groups is 1. The Kier molecular flexibility index (Phi) is 8.86. The molecule has 0 spiro atoms. The second-order valence-electron chi connectivity index (χ2n) is 3.23. The topological polar surface area (TPSA) is 46.5 Å². The number of methoxy groups -OCH3 is 1. The Hall–Kier alpha value is -2.13. The molecule has 0 aliphatic rings. The van der Waals surface area contributed by atoms with E-state index in [1.54, 1.807) is 13.2 Å². The third-order valence-corrected chi connectivity index (χ3v) is 1.93. The quantitative estimate of drug-likeness (QED) is 0.492. The van der Waals surface area contributed by atoms with E-state index in [0.29, 0.717) is 6.61 Å². The number of allylic oxidation sites excluding steroid dienone is 2. The number of aliphatic carboxylic acids is 1. The Morgan fingerprint density at radius 2 is 1.89 bits per heavy atom. The van der Waals surface area contributed by atoms with Crippen molar-refractivity contribution in [1.82, 2.24) is 0 Å². The molecule has 1 aromatic carbocycles. The van der Waals surface area contributed by atoms with E-state index < -0.39 is 5.97 Å². The van der Waals surface area contributed by atoms with Gasteiger partial charge in [-0.2, -0.15) is 0 Å². The maximum atomic E-state index is 10.2. The van der Waals surface area contributed by atoms with Crippen molar-refractivity contribution in [1.29, 1.82) is 0 Å². The number of ether oxygens (including phenoxy) is 1. The summed E-state index contributed by atoms with van der Waals surface area (Å²) < 4.78 is 5.00. The van der Waals surface area contributed by atoms with Crippen LogP contribution >= 0.6 is 0 Å². The maximum absolute atomic E-state index is 10.2. The lowest BCUT2D eigenvalue weighted by Gasteiger charge is -1.99. The van der Waals surface area contributed by atoms with Gasteiger partial charge >= 0.3 is 5.97 Å². The molecule has 0 amide bonds. The smallest absolute Gasteiger partial charge is 0.328 e. The Balaban J connectivity index is 0.00000137. The number of carboxylic acid groups (broad SMARTS) is 1. The van der Waals surface area contributed by atoms with E-state index in [-0.39, 0.29) is 0 Å². The van der Waals surface area contributed by atoms with Crippen LogP contribution in [0.2, 0.25) is 0 Å². The summed E-state index contributed by atoms with van der Waals surface area (Å²) in [6.07, 6.45) is 6.12. The van der Waals surface area contributed by atoms with E-state index in [1.807, 2.05) is 30.3 Å². The molecule has 0 unspecified atom stereocenters. The fraction of sp³-hybridized carbons (Fsp3) is 0.133. The van der Waals surface area contributed by atoms with E-state index in [1.165, 1.54) is 6.08 Å². The van der Waals surface area contributed by atoms with Gasteiger partial charge in [0.05, 0.1) is 6.61 Å². The Labute approximate surface area is 108 Å². The van der Waals surface area contributed by atoms with Crippen LogP contribution in [0.25, 0.3) is 6.08 Å². The molecular formula is C15H18O3. The Morgan fingerprint density at radius 1 is 1.28 bits per heavy atom. The predicted molar refractivity (Wildman–Crippen MR) is 74.2 cm³/mol. The van der Waals surface area contributed by atoms with Crippen LogP contribution in [0.15, 0.2) is 55.7 Å². The van der Waals surface area contributed by atoms with Crippen LogP contribution in [0, 0.1) is 0 Å². The van der Waals surface area contributed by atoms with Crippen LogP contribution in [0.5, 0.6) is 0 Å². The fourth-order valence-electron chi connectivity index (χ4n) is 1.20. The van der Waals surface area contributed by atoms with Crippen molar-refractivity contribution in [3.63, 3.8) is 0 Å². The molecule has 0 aliphatic heterocycles. The van der Waals surface area contributed by atoms with Gasteiger partial charge in [0.2, 0.25) is 0 Å². The molecule has 0 fully saturated rings. The summed E-state index contributed by atoms with van der Waals surface area (Å²) in [7, 11) is 1.66. The zero-order valence-corrected chi connectivity index (χ0v) is 10.5. The summed E-state index contributed by atoms with van der Waals surface area (Å²) in [5.41, 5.74) is 2.13. The third-order valence-electron chi connectivity index (χ3n) is 1.93. The molecule has 0 saturated carbocycles. The van der Waals surface area contributed by atoms with E-state index in [2.05, 4.69) is 13.2 Å². The third kappa shape index (κ3) is 7.19. The summed E-state index contributed by atoms with van der Waals surface area (Å²) in [6, 6.07) is 7.87. The van der Waals surface area contributed by atoms with Gasteiger partial charge in [0.15, 0.2) is 0 Å². The van der Waals surface area contributed by atoms with Gasteiger partial charge in [-0.25, -0.2) is 4.79 Å². The molecule has 96 valence electrons. The first kappa shape index (κ1) is 15.9. The lowest BCUT2D eigenvalue weighted by atomic mass is 10.1. The lowest BCUT2D eigenvalue weighted by Crippen LogP contribution is -1.86. The monoisotopic (exact) mass is 246 g/mol. The molecule has 1 N–H and O–H groups in total. The SMILES string of the molecule is C=C.COCc1ccc(/C=C/C=C/C(=O)O)cc1. The largest absolute Gasteiger partial charge is 0.478 e. The highest BCUT2D eigenvalue weighted by Crippen LogP contribution is 2.07. The summed E-state index contributed by atoms with van der Waals surface area (Å²) in [6.45, 7) is 6.60. The van der Waals surface area contributed by atoms with Crippen molar-refractivity contribution in [3.05, 3.63) is 66.8 Å². The average Bonchev–Trinajstić information content (AvgIpc) is 2.39. The van der Waals surface area contributed by atoms with E-state index in [0.717, 1.165) is 17.2 Å². The first-order valence-corrected chi connectivity index (χ1v) is 5.38. The second kappa shape index (κ2) is 10.1. The standard InChI is InChI=1S/C13H14O3.C2H4/c1-16-10-12-8-6-11(7-9-12)4-2-3-5-13(14)15;1-2/h2-9H,10H2,1H3,(H,14,15);1-2H2/b4-2+,5-3+;. The van der Waals surface area contributed by atoms with E-state index in [4.69, 9.17) is 9.84 Å². The predicted octanol–water partition coefficient (Wildman–Crippen LogP) is 3.29.